The zero-order chi connectivity index (χ0) is 5.86. The van der Waals surface area contributed by atoms with Gasteiger partial charge in [-0.15, -0.1) is 0 Å². The average Bonchev–Trinajstić information content (AvgIpc) is 1.27. The van der Waals surface area contributed by atoms with Crippen molar-refractivity contribution < 1.29 is 156 Å². The molecule has 40 valence electrons. The first-order chi connectivity index (χ1) is 3.13. The van der Waals surface area contributed by atoms with E-state index in [-0.39, 0.29) is 103 Å². The van der Waals surface area contributed by atoms with E-state index in [4.69, 9.17) is 0 Å². The van der Waals surface area contributed by atoms with E-state index in [1.165, 1.54) is 0 Å². The van der Waals surface area contributed by atoms with Crippen molar-refractivity contribution in [2.75, 3.05) is 0 Å². The molecular weight excluding hydrogens is 254 g/mol. The van der Waals surface area contributed by atoms with Crippen molar-refractivity contribution in [3.05, 3.63) is 0 Å². The third kappa shape index (κ3) is 18.9. The Hall–Kier alpha value is 4.18. The molecule has 0 saturated carbocycles. The first kappa shape index (κ1) is 18.9. The summed E-state index contributed by atoms with van der Waals surface area (Å²) in [7, 11) is 0. The molecule has 0 bridgehead atoms. The van der Waals surface area contributed by atoms with Crippen molar-refractivity contribution in [3.63, 3.8) is 0 Å². The van der Waals surface area contributed by atoms with Gasteiger partial charge in [-0.2, -0.15) is 0 Å². The van der Waals surface area contributed by atoms with Gasteiger partial charge < -0.3 is 0 Å². The molecule has 0 aliphatic carbocycles. The van der Waals surface area contributed by atoms with Gasteiger partial charge in [0.15, 0.2) is 0 Å². The molecule has 0 aliphatic rings. The SMILES string of the molecule is [K+].[K+].[O]=[Ti]([O-])[O][Ti](=[O])[O-]. The van der Waals surface area contributed by atoms with E-state index in [1.807, 2.05) is 0 Å². The van der Waals surface area contributed by atoms with Crippen molar-refractivity contribution in [2.24, 2.45) is 0 Å². The van der Waals surface area contributed by atoms with Crippen LogP contribution in [-0.4, -0.2) is 0 Å². The summed E-state index contributed by atoms with van der Waals surface area (Å²) >= 11 is -8.00. The van der Waals surface area contributed by atoms with E-state index >= 15 is 0 Å². The second kappa shape index (κ2) is 12.2. The second-order valence-electron chi connectivity index (χ2n) is 0.602. The zero-order valence-corrected chi connectivity index (χ0v) is 14.4. The van der Waals surface area contributed by atoms with Crippen molar-refractivity contribution in [1.82, 2.24) is 0 Å². The molecule has 0 spiro atoms. The third-order valence-electron chi connectivity index (χ3n) is 0.167. The molecule has 0 fully saturated rings. The molecule has 0 aromatic carbocycles. The van der Waals surface area contributed by atoms with Gasteiger partial charge in [0.05, 0.1) is 0 Å². The van der Waals surface area contributed by atoms with E-state index < -0.39 is 37.2 Å². The van der Waals surface area contributed by atoms with Gasteiger partial charge in [-0.05, 0) is 0 Å². The van der Waals surface area contributed by atoms with Crippen LogP contribution in [0.2, 0.25) is 0 Å². The normalized spacial score (nSPS) is 6.44. The van der Waals surface area contributed by atoms with Gasteiger partial charge in [0.25, 0.3) is 0 Å². The Labute approximate surface area is 151 Å². The van der Waals surface area contributed by atoms with Crippen LogP contribution in [0.1, 0.15) is 0 Å². The van der Waals surface area contributed by atoms with Gasteiger partial charge >= 0.3 is 156 Å². The van der Waals surface area contributed by atoms with Gasteiger partial charge in [-0.25, -0.2) is 0 Å². The van der Waals surface area contributed by atoms with Crippen LogP contribution >= 0.6 is 0 Å². The minimum atomic E-state index is -4.00. The van der Waals surface area contributed by atoms with Gasteiger partial charge in [0, 0.05) is 0 Å². The van der Waals surface area contributed by atoms with Gasteiger partial charge in [-0.1, -0.05) is 0 Å². The summed E-state index contributed by atoms with van der Waals surface area (Å²) in [5, 5.41) is 0. The summed E-state index contributed by atoms with van der Waals surface area (Å²) < 4.78 is 40.8. The molecule has 0 N–H and O–H groups in total. The van der Waals surface area contributed by atoms with Crippen LogP contribution in [0.4, 0.5) is 0 Å². The predicted octanol–water partition coefficient (Wildman–Crippen LogP) is -8.68. The molecule has 0 radical (unpaired) electrons. The van der Waals surface area contributed by atoms with Crippen molar-refractivity contribution in [1.29, 1.82) is 0 Å². The molecule has 0 atom stereocenters. The van der Waals surface area contributed by atoms with E-state index in [0.717, 1.165) is 0 Å². The molecule has 0 amide bonds. The first-order valence-electron chi connectivity index (χ1n) is 1.22. The van der Waals surface area contributed by atoms with Crippen molar-refractivity contribution >= 4 is 0 Å². The number of rotatable bonds is 2. The fraction of sp³-hybridized carbons (Fsp3) is 0. The Morgan fingerprint density at radius 1 is 1.00 bits per heavy atom. The molecule has 9 heteroatoms. The zero-order valence-electron chi connectivity index (χ0n) is 5.04. The summed E-state index contributed by atoms with van der Waals surface area (Å²) in [6.07, 6.45) is 0. The summed E-state index contributed by atoms with van der Waals surface area (Å²) in [5.41, 5.74) is 0. The Morgan fingerprint density at radius 2 is 1.22 bits per heavy atom. The van der Waals surface area contributed by atoms with Crippen molar-refractivity contribution in [2.45, 2.75) is 0 Å². The van der Waals surface area contributed by atoms with E-state index in [1.54, 1.807) is 0 Å². The van der Waals surface area contributed by atoms with Crippen LogP contribution in [0.5, 0.6) is 0 Å². The van der Waals surface area contributed by atoms with E-state index in [0.29, 0.717) is 0 Å². The molecule has 0 rings (SSSR count). The molecule has 0 aliphatic heterocycles. The Bertz CT molecular complexity index is 89.1. The Kier molecular flexibility index (Phi) is 25.5. The van der Waals surface area contributed by atoms with E-state index in [2.05, 4.69) is 1.90 Å². The molecule has 5 nitrogen and oxygen atoms in total. The fourth-order valence-corrected chi connectivity index (χ4v) is 1.16. The molecule has 0 aromatic rings. The topological polar surface area (TPSA) is 89.5 Å². The summed E-state index contributed by atoms with van der Waals surface area (Å²) in [6, 6.07) is 0. The Balaban J connectivity index is -0.000000180. The fourth-order valence-electron chi connectivity index (χ4n) is 0.0680. The molecule has 0 heterocycles. The second-order valence-corrected chi connectivity index (χ2v) is 3.80. The Morgan fingerprint density at radius 3 is 1.22 bits per heavy atom. The monoisotopic (exact) mass is 254 g/mol. The van der Waals surface area contributed by atoms with Gasteiger partial charge in [0.2, 0.25) is 0 Å². The molecule has 9 heavy (non-hydrogen) atoms. The number of hydrogen-bond acceptors (Lipinski definition) is 5. The summed E-state index contributed by atoms with van der Waals surface area (Å²) in [5.74, 6) is 0. The van der Waals surface area contributed by atoms with Crippen LogP contribution in [0.3, 0.4) is 0 Å². The van der Waals surface area contributed by atoms with Crippen LogP contribution < -0.4 is 110 Å². The quantitative estimate of drug-likeness (QED) is 0.456. The summed E-state index contributed by atoms with van der Waals surface area (Å²) in [6.45, 7) is 0. The maximum atomic E-state index is 9.37. The van der Waals surface area contributed by atoms with Crippen molar-refractivity contribution in [3.8, 4) is 0 Å². The van der Waals surface area contributed by atoms with Crippen LogP contribution in [0.15, 0.2) is 0 Å². The third-order valence-corrected chi connectivity index (χ3v) is 2.83. The predicted molar refractivity (Wildman–Crippen MR) is 2.46 cm³/mol. The average molecular weight is 254 g/mol. The molecule has 0 saturated heterocycles. The molecule has 0 aromatic heterocycles. The summed E-state index contributed by atoms with van der Waals surface area (Å²) in [4.78, 5) is 0. The minimum absolute atomic E-state index is 0. The van der Waals surface area contributed by atoms with Crippen LogP contribution in [0.25, 0.3) is 0 Å². The van der Waals surface area contributed by atoms with Crippen LogP contribution in [-0.2, 0) is 45.8 Å². The van der Waals surface area contributed by atoms with E-state index in [9.17, 15) is 14.0 Å². The molecule has 0 unspecified atom stereocenters. The van der Waals surface area contributed by atoms with Gasteiger partial charge in [0.1, 0.15) is 0 Å². The standard InChI is InChI=1S/2K.5O.2Ti/q2*+1;;;;2*-1;;. The first-order valence-corrected chi connectivity index (χ1v) is 5.05. The molecular formula is K2O5Ti2. The van der Waals surface area contributed by atoms with Gasteiger partial charge in [-0.3, -0.25) is 0 Å². The maximum absolute atomic E-state index is 9.37. The van der Waals surface area contributed by atoms with Crippen LogP contribution in [0, 0.1) is 0 Å². The number of hydrogen-bond donors (Lipinski definition) is 0.